The van der Waals surface area contributed by atoms with Crippen molar-refractivity contribution in [1.82, 2.24) is 0 Å². The molecule has 0 saturated carbocycles. The molecular weight excluding hydrogens is 191 g/mol. The van der Waals surface area contributed by atoms with E-state index in [9.17, 15) is 4.39 Å². The minimum atomic E-state index is -0.199. The Morgan fingerprint density at radius 1 is 1.27 bits per heavy atom. The van der Waals surface area contributed by atoms with Gasteiger partial charge in [-0.1, -0.05) is 6.92 Å². The van der Waals surface area contributed by atoms with Gasteiger partial charge in [0.25, 0.3) is 0 Å². The van der Waals surface area contributed by atoms with Crippen molar-refractivity contribution in [2.24, 2.45) is 5.73 Å². The normalized spacial score (nSPS) is 12.5. The first-order valence-corrected chi connectivity index (χ1v) is 5.45. The summed E-state index contributed by atoms with van der Waals surface area (Å²) in [6.07, 6.45) is 1.00. The molecular formula is C12H19FN2. The Labute approximate surface area is 90.9 Å². The van der Waals surface area contributed by atoms with Gasteiger partial charge in [-0.05, 0) is 37.6 Å². The average molecular weight is 210 g/mol. The van der Waals surface area contributed by atoms with Crippen molar-refractivity contribution in [3.63, 3.8) is 0 Å². The number of benzene rings is 1. The van der Waals surface area contributed by atoms with Crippen molar-refractivity contribution in [1.29, 1.82) is 0 Å². The quantitative estimate of drug-likeness (QED) is 0.808. The lowest BCUT2D eigenvalue weighted by atomic mass is 10.1. The minimum Gasteiger partial charge on any atom is -0.368 e. The van der Waals surface area contributed by atoms with E-state index in [1.807, 2.05) is 0 Å². The fraction of sp³-hybridized carbons (Fsp3) is 0.500. The van der Waals surface area contributed by atoms with Gasteiger partial charge in [-0.15, -0.1) is 0 Å². The number of hydrogen-bond donors (Lipinski definition) is 1. The third-order valence-corrected chi connectivity index (χ3v) is 2.68. The van der Waals surface area contributed by atoms with Crippen LogP contribution in [-0.2, 0) is 0 Å². The summed E-state index contributed by atoms with van der Waals surface area (Å²) in [6, 6.07) is 6.91. The summed E-state index contributed by atoms with van der Waals surface area (Å²) >= 11 is 0. The second-order valence-electron chi connectivity index (χ2n) is 3.56. The lowest BCUT2D eigenvalue weighted by Gasteiger charge is -2.31. The number of nitrogens with two attached hydrogens (primary N) is 1. The molecule has 0 saturated heterocycles. The molecule has 1 unspecified atom stereocenters. The maximum atomic E-state index is 12.8. The summed E-state index contributed by atoms with van der Waals surface area (Å²) in [5, 5.41) is 0. The molecule has 0 aliphatic rings. The number of halogens is 1. The zero-order valence-electron chi connectivity index (χ0n) is 9.41. The van der Waals surface area contributed by atoms with Crippen LogP contribution < -0.4 is 10.6 Å². The minimum absolute atomic E-state index is 0.199. The molecule has 0 heterocycles. The van der Waals surface area contributed by atoms with Gasteiger partial charge in [0.05, 0.1) is 0 Å². The van der Waals surface area contributed by atoms with Crippen LogP contribution >= 0.6 is 0 Å². The highest BCUT2D eigenvalue weighted by molar-refractivity contribution is 5.47. The van der Waals surface area contributed by atoms with Crippen LogP contribution in [0.3, 0.4) is 0 Å². The van der Waals surface area contributed by atoms with E-state index in [-0.39, 0.29) is 5.82 Å². The lowest BCUT2D eigenvalue weighted by molar-refractivity contribution is 0.589. The fourth-order valence-electron chi connectivity index (χ4n) is 1.80. The van der Waals surface area contributed by atoms with E-state index >= 15 is 0 Å². The molecule has 0 amide bonds. The second-order valence-corrected chi connectivity index (χ2v) is 3.56. The number of rotatable bonds is 5. The molecule has 0 spiro atoms. The lowest BCUT2D eigenvalue weighted by Crippen LogP contribution is -2.40. The molecule has 15 heavy (non-hydrogen) atoms. The second kappa shape index (κ2) is 5.71. The van der Waals surface area contributed by atoms with E-state index < -0.39 is 0 Å². The van der Waals surface area contributed by atoms with Gasteiger partial charge in [0, 0.05) is 24.8 Å². The largest absolute Gasteiger partial charge is 0.368 e. The van der Waals surface area contributed by atoms with E-state index in [1.54, 1.807) is 12.1 Å². The standard InChI is InChI=1S/C12H19FN2/c1-3-11(9-14)15(4-2)12-7-5-10(13)6-8-12/h5-8,11H,3-4,9,14H2,1-2H3. The van der Waals surface area contributed by atoms with Gasteiger partial charge in [0.2, 0.25) is 0 Å². The van der Waals surface area contributed by atoms with Gasteiger partial charge in [0.15, 0.2) is 0 Å². The Bertz CT molecular complexity index is 280. The van der Waals surface area contributed by atoms with Crippen molar-refractivity contribution in [3.8, 4) is 0 Å². The highest BCUT2D eigenvalue weighted by Crippen LogP contribution is 2.18. The summed E-state index contributed by atoms with van der Waals surface area (Å²) in [6.45, 7) is 5.72. The first kappa shape index (κ1) is 12.0. The Balaban J connectivity index is 2.86. The van der Waals surface area contributed by atoms with Crippen LogP contribution in [0.4, 0.5) is 10.1 Å². The molecule has 84 valence electrons. The molecule has 1 aromatic rings. The van der Waals surface area contributed by atoms with Gasteiger partial charge in [0.1, 0.15) is 5.82 Å². The van der Waals surface area contributed by atoms with Crippen LogP contribution in [0, 0.1) is 5.82 Å². The summed E-state index contributed by atoms with van der Waals surface area (Å²) in [5.41, 5.74) is 6.75. The van der Waals surface area contributed by atoms with Gasteiger partial charge < -0.3 is 10.6 Å². The van der Waals surface area contributed by atoms with Gasteiger partial charge in [-0.3, -0.25) is 0 Å². The Morgan fingerprint density at radius 3 is 2.27 bits per heavy atom. The molecule has 0 aliphatic carbocycles. The predicted octanol–water partition coefficient (Wildman–Crippen LogP) is 2.39. The van der Waals surface area contributed by atoms with Crippen molar-refractivity contribution in [3.05, 3.63) is 30.1 Å². The van der Waals surface area contributed by atoms with Crippen LogP contribution in [0.25, 0.3) is 0 Å². The molecule has 0 fully saturated rings. The first-order chi connectivity index (χ1) is 7.22. The van der Waals surface area contributed by atoms with Crippen LogP contribution in [0.5, 0.6) is 0 Å². The third-order valence-electron chi connectivity index (χ3n) is 2.68. The van der Waals surface area contributed by atoms with E-state index in [2.05, 4.69) is 18.7 Å². The van der Waals surface area contributed by atoms with E-state index in [0.717, 1.165) is 18.7 Å². The topological polar surface area (TPSA) is 29.3 Å². The smallest absolute Gasteiger partial charge is 0.123 e. The van der Waals surface area contributed by atoms with Crippen molar-refractivity contribution in [2.45, 2.75) is 26.3 Å². The maximum absolute atomic E-state index is 12.8. The molecule has 2 nitrogen and oxygen atoms in total. The zero-order valence-corrected chi connectivity index (χ0v) is 9.41. The zero-order chi connectivity index (χ0) is 11.3. The highest BCUT2D eigenvalue weighted by atomic mass is 19.1. The highest BCUT2D eigenvalue weighted by Gasteiger charge is 2.13. The monoisotopic (exact) mass is 210 g/mol. The molecule has 0 aromatic heterocycles. The molecule has 0 bridgehead atoms. The maximum Gasteiger partial charge on any atom is 0.123 e. The summed E-state index contributed by atoms with van der Waals surface area (Å²) < 4.78 is 12.8. The SMILES string of the molecule is CCC(CN)N(CC)c1ccc(F)cc1. The van der Waals surface area contributed by atoms with E-state index in [1.165, 1.54) is 12.1 Å². The first-order valence-electron chi connectivity index (χ1n) is 5.45. The molecule has 0 aliphatic heterocycles. The third kappa shape index (κ3) is 2.93. The molecule has 1 aromatic carbocycles. The van der Waals surface area contributed by atoms with Crippen molar-refractivity contribution in [2.75, 3.05) is 18.0 Å². The molecule has 3 heteroatoms. The van der Waals surface area contributed by atoms with Crippen LogP contribution in [-0.4, -0.2) is 19.1 Å². The predicted molar refractivity (Wildman–Crippen MR) is 62.6 cm³/mol. The summed E-state index contributed by atoms with van der Waals surface area (Å²) in [7, 11) is 0. The number of anilines is 1. The Hall–Kier alpha value is -1.09. The van der Waals surface area contributed by atoms with Crippen molar-refractivity contribution >= 4 is 5.69 Å². The molecule has 2 N–H and O–H groups in total. The van der Waals surface area contributed by atoms with Crippen LogP contribution in [0.2, 0.25) is 0 Å². The van der Waals surface area contributed by atoms with E-state index in [0.29, 0.717) is 12.6 Å². The average Bonchev–Trinajstić information content (AvgIpc) is 2.27. The van der Waals surface area contributed by atoms with Gasteiger partial charge in [-0.2, -0.15) is 0 Å². The Morgan fingerprint density at radius 2 is 1.87 bits per heavy atom. The van der Waals surface area contributed by atoms with E-state index in [4.69, 9.17) is 5.73 Å². The molecule has 1 rings (SSSR count). The summed E-state index contributed by atoms with van der Waals surface area (Å²) in [5.74, 6) is -0.199. The summed E-state index contributed by atoms with van der Waals surface area (Å²) in [4.78, 5) is 2.21. The van der Waals surface area contributed by atoms with Crippen molar-refractivity contribution < 1.29 is 4.39 Å². The number of likely N-dealkylation sites (N-methyl/N-ethyl adjacent to an activating group) is 1. The van der Waals surface area contributed by atoms with Crippen LogP contribution in [0.1, 0.15) is 20.3 Å². The fourth-order valence-corrected chi connectivity index (χ4v) is 1.80. The molecule has 1 atom stereocenters. The molecule has 0 radical (unpaired) electrons. The van der Waals surface area contributed by atoms with Crippen LogP contribution in [0.15, 0.2) is 24.3 Å². The number of nitrogens with zero attached hydrogens (tertiary/aromatic N) is 1. The van der Waals surface area contributed by atoms with Gasteiger partial charge in [-0.25, -0.2) is 4.39 Å². The number of hydrogen-bond acceptors (Lipinski definition) is 2. The Kier molecular flexibility index (Phi) is 4.56. The van der Waals surface area contributed by atoms with Gasteiger partial charge >= 0.3 is 0 Å².